The van der Waals surface area contributed by atoms with E-state index in [-0.39, 0.29) is 17.5 Å². The zero-order valence-electron chi connectivity index (χ0n) is 16.7. The summed E-state index contributed by atoms with van der Waals surface area (Å²) in [6, 6.07) is 18.1. The third kappa shape index (κ3) is 4.21. The minimum atomic E-state index is -0.360. The number of ketones is 1. The van der Waals surface area contributed by atoms with Gasteiger partial charge in [0, 0.05) is 16.5 Å². The number of anilines is 2. The Hall–Kier alpha value is -2.76. The summed E-state index contributed by atoms with van der Waals surface area (Å²) in [4.78, 5) is 17.0. The first kappa shape index (κ1) is 20.2. The van der Waals surface area contributed by atoms with Crippen LogP contribution in [0, 0.1) is 11.7 Å². The van der Waals surface area contributed by atoms with Gasteiger partial charge in [-0.2, -0.15) is 0 Å². The predicted octanol–water partition coefficient (Wildman–Crippen LogP) is 7.87. The Morgan fingerprint density at radius 3 is 2.48 bits per heavy atom. The number of Topliss-reactive ketones (excluding diaryl/α,β-unsaturated/α-hetero) is 1. The van der Waals surface area contributed by atoms with Crippen LogP contribution in [0.3, 0.4) is 0 Å². The molecule has 0 saturated heterocycles. The van der Waals surface area contributed by atoms with Gasteiger partial charge < -0.3 is 5.32 Å². The number of halogens is 2. The molecule has 4 aromatic rings. The van der Waals surface area contributed by atoms with Crippen LogP contribution in [0.4, 0.5) is 15.2 Å². The Kier molecular flexibility index (Phi) is 5.47. The van der Waals surface area contributed by atoms with Crippen molar-refractivity contribution in [1.82, 2.24) is 4.98 Å². The van der Waals surface area contributed by atoms with Gasteiger partial charge in [-0.3, -0.25) is 4.79 Å². The van der Waals surface area contributed by atoms with Crippen molar-refractivity contribution in [3.8, 4) is 11.1 Å². The molecule has 0 aliphatic heterocycles. The second-order valence-electron chi connectivity index (χ2n) is 7.87. The number of nitrogens with one attached hydrogen (secondary N) is 1. The summed E-state index contributed by atoms with van der Waals surface area (Å²) in [5, 5.41) is 4.29. The number of fused-ring (bicyclic) bond motifs is 1. The van der Waals surface area contributed by atoms with E-state index < -0.39 is 0 Å². The molecule has 1 N–H and O–H groups in total. The number of carbonyl (C=O) groups is 1. The first-order valence-corrected chi connectivity index (χ1v) is 11.5. The average Bonchev–Trinajstić information content (AvgIpc) is 3.44. The van der Waals surface area contributed by atoms with E-state index >= 15 is 0 Å². The van der Waals surface area contributed by atoms with E-state index in [1.54, 1.807) is 12.1 Å². The fourth-order valence-electron chi connectivity index (χ4n) is 4.12. The number of rotatable bonds is 5. The first-order chi connectivity index (χ1) is 15.1. The maximum atomic E-state index is 14.8. The second-order valence-corrected chi connectivity index (χ2v) is 9.34. The molecule has 6 heteroatoms. The van der Waals surface area contributed by atoms with Crippen LogP contribution >= 0.6 is 22.9 Å². The van der Waals surface area contributed by atoms with Crippen molar-refractivity contribution >= 4 is 49.8 Å². The van der Waals surface area contributed by atoms with Crippen LogP contribution < -0.4 is 5.32 Å². The molecule has 0 amide bonds. The molecule has 3 nitrogen and oxygen atoms in total. The second kappa shape index (κ2) is 8.40. The summed E-state index contributed by atoms with van der Waals surface area (Å²) in [6.45, 7) is 0. The van der Waals surface area contributed by atoms with Gasteiger partial charge in [-0.05, 0) is 54.3 Å². The first-order valence-electron chi connectivity index (χ1n) is 10.3. The number of hydrogen-bond donors (Lipinski definition) is 1. The van der Waals surface area contributed by atoms with E-state index in [0.717, 1.165) is 52.6 Å². The molecule has 0 spiro atoms. The van der Waals surface area contributed by atoms with Crippen LogP contribution in [0.5, 0.6) is 0 Å². The van der Waals surface area contributed by atoms with E-state index in [1.165, 1.54) is 17.4 Å². The molecule has 5 rings (SSSR count). The molecule has 0 radical (unpaired) electrons. The summed E-state index contributed by atoms with van der Waals surface area (Å²) < 4.78 is 15.8. The molecule has 3 aromatic carbocycles. The predicted molar refractivity (Wildman–Crippen MR) is 126 cm³/mol. The minimum Gasteiger partial charge on any atom is -0.329 e. The van der Waals surface area contributed by atoms with Gasteiger partial charge in [-0.25, -0.2) is 9.37 Å². The molecular weight excluding hydrogens is 431 g/mol. The maximum Gasteiger partial charge on any atom is 0.188 e. The molecule has 1 aliphatic carbocycles. The molecule has 1 saturated carbocycles. The van der Waals surface area contributed by atoms with Crippen molar-refractivity contribution in [2.45, 2.75) is 25.7 Å². The molecule has 0 atom stereocenters. The normalized spacial score (nSPS) is 14.3. The van der Waals surface area contributed by atoms with Crippen LogP contribution in [0.1, 0.15) is 36.0 Å². The lowest BCUT2D eigenvalue weighted by atomic mass is 9.94. The van der Waals surface area contributed by atoms with Gasteiger partial charge in [0.2, 0.25) is 0 Å². The van der Waals surface area contributed by atoms with Crippen LogP contribution in [0.2, 0.25) is 5.02 Å². The van der Waals surface area contributed by atoms with Gasteiger partial charge in [0.15, 0.2) is 10.9 Å². The van der Waals surface area contributed by atoms with Crippen molar-refractivity contribution in [3.05, 3.63) is 77.1 Å². The summed E-state index contributed by atoms with van der Waals surface area (Å²) in [5.74, 6) is 0.0278. The lowest BCUT2D eigenvalue weighted by molar-refractivity contribution is 0.0923. The van der Waals surface area contributed by atoms with Crippen LogP contribution in [0.15, 0.2) is 60.7 Å². The van der Waals surface area contributed by atoms with Crippen molar-refractivity contribution in [2.75, 3.05) is 5.32 Å². The zero-order valence-corrected chi connectivity index (χ0v) is 18.3. The van der Waals surface area contributed by atoms with Crippen LogP contribution in [-0.4, -0.2) is 10.8 Å². The third-order valence-corrected chi connectivity index (χ3v) is 6.98. The molecule has 31 heavy (non-hydrogen) atoms. The smallest absolute Gasteiger partial charge is 0.188 e. The Bertz CT molecular complexity index is 1260. The molecular formula is C25H20ClFN2OS. The average molecular weight is 451 g/mol. The highest BCUT2D eigenvalue weighted by molar-refractivity contribution is 7.22. The van der Waals surface area contributed by atoms with Gasteiger partial charge in [0.05, 0.1) is 15.9 Å². The highest BCUT2D eigenvalue weighted by Crippen LogP contribution is 2.33. The number of aromatic nitrogens is 1. The highest BCUT2D eigenvalue weighted by Gasteiger charge is 2.23. The van der Waals surface area contributed by atoms with E-state index in [4.69, 9.17) is 11.6 Å². The van der Waals surface area contributed by atoms with Crippen LogP contribution in [-0.2, 0) is 0 Å². The molecule has 0 bridgehead atoms. The van der Waals surface area contributed by atoms with Gasteiger partial charge in [0.25, 0.3) is 0 Å². The standard InChI is InChI=1S/C25H20ClFN2OS/c26-19-10-12-23-22(14-19)29-25(31-23)28-21-11-9-18(13-20(21)27)15-5-7-17(8-6-15)24(30)16-3-1-2-4-16/h5-14,16H,1-4H2,(H,28,29). The molecule has 1 fully saturated rings. The molecule has 1 aliphatic rings. The van der Waals surface area contributed by atoms with Crippen molar-refractivity contribution in [1.29, 1.82) is 0 Å². The lowest BCUT2D eigenvalue weighted by Crippen LogP contribution is -2.10. The fourth-order valence-corrected chi connectivity index (χ4v) is 5.14. The fraction of sp³-hybridized carbons (Fsp3) is 0.200. The summed E-state index contributed by atoms with van der Waals surface area (Å²) in [5.41, 5.74) is 3.53. The largest absolute Gasteiger partial charge is 0.329 e. The molecule has 0 unspecified atom stereocenters. The summed E-state index contributed by atoms with van der Waals surface area (Å²) in [7, 11) is 0. The van der Waals surface area contributed by atoms with E-state index in [2.05, 4.69) is 10.3 Å². The number of benzene rings is 3. The van der Waals surface area contributed by atoms with Crippen molar-refractivity contribution in [2.24, 2.45) is 5.92 Å². The Morgan fingerprint density at radius 2 is 1.74 bits per heavy atom. The van der Waals surface area contributed by atoms with Crippen molar-refractivity contribution < 1.29 is 9.18 Å². The number of hydrogen-bond acceptors (Lipinski definition) is 4. The topological polar surface area (TPSA) is 42.0 Å². The maximum absolute atomic E-state index is 14.8. The van der Waals surface area contributed by atoms with Gasteiger partial charge in [0.1, 0.15) is 5.82 Å². The number of carbonyl (C=O) groups excluding carboxylic acids is 1. The zero-order chi connectivity index (χ0) is 21.4. The summed E-state index contributed by atoms with van der Waals surface area (Å²) >= 11 is 7.46. The monoisotopic (exact) mass is 450 g/mol. The Labute approximate surface area is 188 Å². The Balaban J connectivity index is 1.34. The van der Waals surface area contributed by atoms with E-state index in [9.17, 15) is 9.18 Å². The lowest BCUT2D eigenvalue weighted by Gasteiger charge is -2.10. The third-order valence-electron chi connectivity index (χ3n) is 5.79. The molecule has 1 aromatic heterocycles. The van der Waals surface area contributed by atoms with E-state index in [1.807, 2.05) is 42.5 Å². The van der Waals surface area contributed by atoms with E-state index in [0.29, 0.717) is 15.8 Å². The number of nitrogens with zero attached hydrogens (tertiary/aromatic N) is 1. The van der Waals surface area contributed by atoms with Gasteiger partial charge in [-0.1, -0.05) is 66.1 Å². The number of thiazole rings is 1. The van der Waals surface area contributed by atoms with Gasteiger partial charge in [-0.15, -0.1) is 0 Å². The van der Waals surface area contributed by atoms with Crippen molar-refractivity contribution in [3.63, 3.8) is 0 Å². The SMILES string of the molecule is O=C(c1ccc(-c2ccc(Nc3nc4cc(Cl)ccc4s3)c(F)c2)cc1)C1CCCC1. The Morgan fingerprint density at radius 1 is 1.00 bits per heavy atom. The highest BCUT2D eigenvalue weighted by atomic mass is 35.5. The summed E-state index contributed by atoms with van der Waals surface area (Å²) in [6.07, 6.45) is 4.25. The van der Waals surface area contributed by atoms with Gasteiger partial charge >= 0.3 is 0 Å². The minimum absolute atomic E-state index is 0.159. The quantitative estimate of drug-likeness (QED) is 0.314. The van der Waals surface area contributed by atoms with Crippen LogP contribution in [0.25, 0.3) is 21.3 Å². The molecule has 1 heterocycles. The molecule has 156 valence electrons.